The molecule has 6 nitrogen and oxygen atoms in total. The van der Waals surface area contributed by atoms with Crippen molar-refractivity contribution in [1.82, 2.24) is 10.6 Å². The van der Waals surface area contributed by atoms with Gasteiger partial charge in [0.2, 0.25) is 0 Å². The largest absolute Gasteiger partial charge is 0.494 e. The Hall–Kier alpha value is -2.24. The molecule has 0 saturated heterocycles. The van der Waals surface area contributed by atoms with Crippen LogP contribution in [-0.2, 0) is 16.1 Å². The van der Waals surface area contributed by atoms with E-state index in [0.717, 1.165) is 16.9 Å². The van der Waals surface area contributed by atoms with Crippen molar-refractivity contribution < 1.29 is 14.3 Å². The van der Waals surface area contributed by atoms with Crippen molar-refractivity contribution in [3.8, 4) is 5.75 Å². The molecule has 134 valence electrons. The summed E-state index contributed by atoms with van der Waals surface area (Å²) in [6, 6.07) is 6.12. The lowest BCUT2D eigenvalue weighted by Crippen LogP contribution is -2.38. The minimum Gasteiger partial charge on any atom is -0.494 e. The van der Waals surface area contributed by atoms with E-state index in [0.29, 0.717) is 32.1 Å². The summed E-state index contributed by atoms with van der Waals surface area (Å²) in [5.41, 5.74) is 2.22. The fourth-order valence-electron chi connectivity index (χ4n) is 2.10. The van der Waals surface area contributed by atoms with Gasteiger partial charge in [0.15, 0.2) is 5.96 Å². The molecule has 0 amide bonds. The molecule has 0 bridgehead atoms. The molecule has 0 atom stereocenters. The van der Waals surface area contributed by atoms with Crippen LogP contribution < -0.4 is 15.4 Å². The van der Waals surface area contributed by atoms with Crippen molar-refractivity contribution in [2.45, 2.75) is 46.8 Å². The van der Waals surface area contributed by atoms with Crippen LogP contribution in [0.25, 0.3) is 0 Å². The SMILES string of the molecule is CCOc1cc(C)ccc1CNC(=NC)NCCC(=O)OC(C)C. The molecule has 0 aromatic heterocycles. The minimum atomic E-state index is -0.217. The standard InChI is InChI=1S/C18H29N3O3/c1-6-23-16-11-14(4)7-8-15(16)12-21-18(19-5)20-10-9-17(22)24-13(2)3/h7-8,11,13H,6,9-10,12H2,1-5H3,(H2,19,20,21). The first kappa shape index (κ1) is 19.8. The normalized spacial score (nSPS) is 11.3. The van der Waals surface area contributed by atoms with Crippen molar-refractivity contribution in [3.63, 3.8) is 0 Å². The molecule has 1 aromatic rings. The van der Waals surface area contributed by atoms with Gasteiger partial charge in [-0.25, -0.2) is 0 Å². The van der Waals surface area contributed by atoms with E-state index < -0.39 is 0 Å². The van der Waals surface area contributed by atoms with Gasteiger partial charge in [0, 0.05) is 25.7 Å². The van der Waals surface area contributed by atoms with E-state index in [2.05, 4.69) is 21.7 Å². The number of nitrogens with one attached hydrogen (secondary N) is 2. The minimum absolute atomic E-state index is 0.0894. The second-order valence-electron chi connectivity index (χ2n) is 5.69. The molecule has 0 unspecified atom stereocenters. The number of ether oxygens (including phenoxy) is 2. The topological polar surface area (TPSA) is 72.0 Å². The van der Waals surface area contributed by atoms with Gasteiger partial charge in [0.1, 0.15) is 5.75 Å². The number of carbonyl (C=O) groups excluding carboxylic acids is 1. The number of esters is 1. The highest BCUT2D eigenvalue weighted by Gasteiger charge is 2.07. The molecule has 0 fully saturated rings. The second kappa shape index (κ2) is 10.5. The molecule has 0 spiro atoms. The van der Waals surface area contributed by atoms with Gasteiger partial charge in [-0.05, 0) is 39.3 Å². The average Bonchev–Trinajstić information content (AvgIpc) is 2.51. The maximum atomic E-state index is 11.5. The summed E-state index contributed by atoms with van der Waals surface area (Å²) in [5, 5.41) is 6.33. The van der Waals surface area contributed by atoms with Crippen molar-refractivity contribution in [1.29, 1.82) is 0 Å². The number of hydrogen-bond donors (Lipinski definition) is 2. The van der Waals surface area contributed by atoms with E-state index >= 15 is 0 Å². The Morgan fingerprint density at radius 1 is 1.29 bits per heavy atom. The Labute approximate surface area is 144 Å². The van der Waals surface area contributed by atoms with Gasteiger partial charge in [0.05, 0.1) is 19.1 Å². The predicted octanol–water partition coefficient (Wildman–Crippen LogP) is 2.40. The zero-order valence-corrected chi connectivity index (χ0v) is 15.3. The van der Waals surface area contributed by atoms with E-state index in [1.54, 1.807) is 7.05 Å². The third-order valence-corrected chi connectivity index (χ3v) is 3.18. The lowest BCUT2D eigenvalue weighted by molar-refractivity contribution is -0.147. The number of aliphatic imine (C=N–C) groups is 1. The van der Waals surface area contributed by atoms with Crippen LogP contribution in [-0.4, -0.2) is 38.2 Å². The van der Waals surface area contributed by atoms with E-state index in [4.69, 9.17) is 9.47 Å². The number of aryl methyl sites for hydroxylation is 1. The second-order valence-corrected chi connectivity index (χ2v) is 5.69. The third kappa shape index (κ3) is 7.35. The van der Waals surface area contributed by atoms with Crippen LogP contribution in [0.1, 0.15) is 38.3 Å². The summed E-state index contributed by atoms with van der Waals surface area (Å²) in [7, 11) is 1.69. The molecular weight excluding hydrogens is 306 g/mol. The summed E-state index contributed by atoms with van der Waals surface area (Å²) >= 11 is 0. The molecule has 0 aliphatic heterocycles. The summed E-state index contributed by atoms with van der Waals surface area (Å²) in [4.78, 5) is 15.7. The van der Waals surface area contributed by atoms with Crippen molar-refractivity contribution in [2.24, 2.45) is 4.99 Å². The Morgan fingerprint density at radius 2 is 2.04 bits per heavy atom. The smallest absolute Gasteiger partial charge is 0.307 e. The van der Waals surface area contributed by atoms with E-state index in [-0.39, 0.29) is 12.1 Å². The third-order valence-electron chi connectivity index (χ3n) is 3.18. The lowest BCUT2D eigenvalue weighted by atomic mass is 10.1. The molecule has 1 rings (SSSR count). The van der Waals surface area contributed by atoms with Crippen molar-refractivity contribution in [3.05, 3.63) is 29.3 Å². The predicted molar refractivity (Wildman–Crippen MR) is 96.4 cm³/mol. The fraction of sp³-hybridized carbons (Fsp3) is 0.556. The summed E-state index contributed by atoms with van der Waals surface area (Å²) < 4.78 is 10.8. The number of guanidine groups is 1. The molecule has 6 heteroatoms. The number of nitrogens with zero attached hydrogens (tertiary/aromatic N) is 1. The molecule has 0 aliphatic carbocycles. The highest BCUT2D eigenvalue weighted by atomic mass is 16.5. The van der Waals surface area contributed by atoms with Crippen LogP contribution >= 0.6 is 0 Å². The number of benzene rings is 1. The maximum absolute atomic E-state index is 11.5. The van der Waals surface area contributed by atoms with E-state index in [1.807, 2.05) is 39.8 Å². The van der Waals surface area contributed by atoms with Gasteiger partial charge < -0.3 is 20.1 Å². The maximum Gasteiger partial charge on any atom is 0.307 e. The monoisotopic (exact) mass is 335 g/mol. The summed E-state index contributed by atoms with van der Waals surface area (Å²) in [6.07, 6.45) is 0.210. The Bertz CT molecular complexity index is 556. The van der Waals surface area contributed by atoms with Gasteiger partial charge in [-0.15, -0.1) is 0 Å². The van der Waals surface area contributed by atoms with Crippen molar-refractivity contribution >= 4 is 11.9 Å². The van der Waals surface area contributed by atoms with Crippen molar-refractivity contribution in [2.75, 3.05) is 20.2 Å². The Balaban J connectivity index is 2.48. The summed E-state index contributed by atoms with van der Waals surface area (Å²) in [6.45, 7) is 9.37. The highest BCUT2D eigenvalue weighted by Crippen LogP contribution is 2.20. The molecule has 2 N–H and O–H groups in total. The average molecular weight is 335 g/mol. The molecule has 0 radical (unpaired) electrons. The quantitative estimate of drug-likeness (QED) is 0.434. The molecule has 24 heavy (non-hydrogen) atoms. The molecule has 0 aliphatic rings. The number of rotatable bonds is 8. The molecular formula is C18H29N3O3. The first-order valence-electron chi connectivity index (χ1n) is 8.32. The van der Waals surface area contributed by atoms with Crippen LogP contribution in [0.3, 0.4) is 0 Å². The van der Waals surface area contributed by atoms with E-state index in [1.165, 1.54) is 0 Å². The zero-order chi connectivity index (χ0) is 17.9. The fourth-order valence-corrected chi connectivity index (χ4v) is 2.10. The molecule has 1 aromatic carbocycles. The highest BCUT2D eigenvalue weighted by molar-refractivity contribution is 5.80. The molecule has 0 saturated carbocycles. The van der Waals surface area contributed by atoms with Gasteiger partial charge in [-0.2, -0.15) is 0 Å². The molecule has 0 heterocycles. The van der Waals surface area contributed by atoms with Gasteiger partial charge in [-0.3, -0.25) is 9.79 Å². The van der Waals surface area contributed by atoms with E-state index in [9.17, 15) is 4.79 Å². The Morgan fingerprint density at radius 3 is 2.67 bits per heavy atom. The van der Waals surface area contributed by atoms with Gasteiger partial charge >= 0.3 is 5.97 Å². The van der Waals surface area contributed by atoms with Crippen LogP contribution in [0.4, 0.5) is 0 Å². The van der Waals surface area contributed by atoms with Crippen LogP contribution in [0.5, 0.6) is 5.75 Å². The van der Waals surface area contributed by atoms with Crippen LogP contribution in [0.2, 0.25) is 0 Å². The number of carbonyl (C=O) groups is 1. The summed E-state index contributed by atoms with van der Waals surface area (Å²) in [5.74, 6) is 1.29. The van der Waals surface area contributed by atoms with Crippen LogP contribution in [0.15, 0.2) is 23.2 Å². The lowest BCUT2D eigenvalue weighted by Gasteiger charge is -2.15. The first-order chi connectivity index (χ1) is 11.5. The number of hydrogen-bond acceptors (Lipinski definition) is 4. The zero-order valence-electron chi connectivity index (χ0n) is 15.3. The first-order valence-corrected chi connectivity index (χ1v) is 8.32. The van der Waals surface area contributed by atoms with Gasteiger partial charge in [0.25, 0.3) is 0 Å². The van der Waals surface area contributed by atoms with Crippen LogP contribution in [0, 0.1) is 6.92 Å². The Kier molecular flexibility index (Phi) is 8.68. The van der Waals surface area contributed by atoms with Gasteiger partial charge in [-0.1, -0.05) is 12.1 Å².